The van der Waals surface area contributed by atoms with Gasteiger partial charge >= 0.3 is 0 Å². The number of nitrogens with one attached hydrogen (secondary N) is 1. The number of alkyl halides is 1. The van der Waals surface area contributed by atoms with E-state index in [1.165, 1.54) is 5.56 Å². The number of carbonyl (C=O) groups excluding carboxylic acids is 1. The summed E-state index contributed by atoms with van der Waals surface area (Å²) in [5.74, 6) is 0.535. The van der Waals surface area contributed by atoms with Gasteiger partial charge in [-0.1, -0.05) is 41.9 Å². The molecule has 1 aromatic carbocycles. The lowest BCUT2D eigenvalue weighted by molar-refractivity contribution is 0.0925. The molecule has 0 spiro atoms. The van der Waals surface area contributed by atoms with E-state index in [1.54, 1.807) is 0 Å². The van der Waals surface area contributed by atoms with Crippen molar-refractivity contribution in [2.24, 2.45) is 5.92 Å². The molecule has 0 heterocycles. The first-order chi connectivity index (χ1) is 9.13. The summed E-state index contributed by atoms with van der Waals surface area (Å²) in [6.45, 7) is 6.37. The van der Waals surface area contributed by atoms with Gasteiger partial charge in [0.15, 0.2) is 0 Å². The maximum Gasteiger partial charge on any atom is 0.251 e. The molecular formula is C15H22BrNO2. The predicted octanol–water partition coefficient (Wildman–Crippen LogP) is 3.37. The molecule has 0 aliphatic carbocycles. The minimum absolute atomic E-state index is 0.0232. The lowest BCUT2D eigenvalue weighted by atomic mass is 10.1. The molecular weight excluding hydrogens is 306 g/mol. The lowest BCUT2D eigenvalue weighted by Crippen LogP contribution is -2.25. The van der Waals surface area contributed by atoms with Crippen LogP contribution in [0.1, 0.15) is 36.2 Å². The highest BCUT2D eigenvalue weighted by Crippen LogP contribution is 2.07. The summed E-state index contributed by atoms with van der Waals surface area (Å²) in [6, 6.07) is 7.60. The average molecular weight is 328 g/mol. The highest BCUT2D eigenvalue weighted by atomic mass is 79.9. The zero-order chi connectivity index (χ0) is 14.1. The van der Waals surface area contributed by atoms with E-state index in [1.807, 2.05) is 24.3 Å². The number of amides is 1. The highest BCUT2D eigenvalue weighted by molar-refractivity contribution is 9.08. The third-order valence-corrected chi connectivity index (χ3v) is 3.22. The smallest absolute Gasteiger partial charge is 0.251 e. The van der Waals surface area contributed by atoms with Gasteiger partial charge < -0.3 is 10.1 Å². The van der Waals surface area contributed by atoms with Gasteiger partial charge in [0.25, 0.3) is 5.91 Å². The number of ether oxygens (including phenoxy) is 1. The summed E-state index contributed by atoms with van der Waals surface area (Å²) >= 11 is 3.38. The molecule has 1 aromatic rings. The van der Waals surface area contributed by atoms with Gasteiger partial charge in [0, 0.05) is 30.7 Å². The minimum Gasteiger partial charge on any atom is -0.381 e. The Morgan fingerprint density at radius 1 is 1.32 bits per heavy atom. The van der Waals surface area contributed by atoms with Crippen LogP contribution >= 0.6 is 15.9 Å². The fourth-order valence-electron chi connectivity index (χ4n) is 1.54. The van der Waals surface area contributed by atoms with E-state index < -0.39 is 0 Å². The molecule has 1 N–H and O–H groups in total. The van der Waals surface area contributed by atoms with Gasteiger partial charge in [-0.3, -0.25) is 4.79 Å². The van der Waals surface area contributed by atoms with E-state index in [-0.39, 0.29) is 5.91 Å². The maximum absolute atomic E-state index is 11.8. The molecule has 4 heteroatoms. The second-order valence-electron chi connectivity index (χ2n) is 4.91. The molecule has 1 rings (SSSR count). The van der Waals surface area contributed by atoms with Crippen LogP contribution < -0.4 is 5.32 Å². The van der Waals surface area contributed by atoms with Crippen molar-refractivity contribution in [2.45, 2.75) is 25.6 Å². The van der Waals surface area contributed by atoms with E-state index in [4.69, 9.17) is 4.74 Å². The molecule has 1 amide bonds. The van der Waals surface area contributed by atoms with Crippen molar-refractivity contribution in [3.8, 4) is 0 Å². The Kier molecular flexibility index (Phi) is 7.75. The highest BCUT2D eigenvalue weighted by Gasteiger charge is 2.04. The first-order valence-corrected chi connectivity index (χ1v) is 7.76. The van der Waals surface area contributed by atoms with Gasteiger partial charge in [-0.05, 0) is 30.0 Å². The Morgan fingerprint density at radius 2 is 2.00 bits per heavy atom. The van der Waals surface area contributed by atoms with Crippen LogP contribution in [0, 0.1) is 5.92 Å². The van der Waals surface area contributed by atoms with Gasteiger partial charge in [0.1, 0.15) is 0 Å². The van der Waals surface area contributed by atoms with Crippen molar-refractivity contribution in [3.05, 3.63) is 35.4 Å². The van der Waals surface area contributed by atoms with E-state index in [0.717, 1.165) is 18.4 Å². The lowest BCUT2D eigenvalue weighted by Gasteiger charge is -2.08. The topological polar surface area (TPSA) is 38.3 Å². The van der Waals surface area contributed by atoms with Crippen molar-refractivity contribution >= 4 is 21.8 Å². The zero-order valence-corrected chi connectivity index (χ0v) is 13.2. The van der Waals surface area contributed by atoms with Crippen LogP contribution in [0.25, 0.3) is 0 Å². The largest absolute Gasteiger partial charge is 0.381 e. The molecule has 3 nitrogen and oxygen atoms in total. The summed E-state index contributed by atoms with van der Waals surface area (Å²) < 4.78 is 5.46. The second-order valence-corrected chi connectivity index (χ2v) is 5.47. The van der Waals surface area contributed by atoms with Crippen molar-refractivity contribution in [1.82, 2.24) is 5.32 Å². The summed E-state index contributed by atoms with van der Waals surface area (Å²) in [7, 11) is 0. The van der Waals surface area contributed by atoms with Gasteiger partial charge in [-0.2, -0.15) is 0 Å². The fourth-order valence-corrected chi connectivity index (χ4v) is 1.92. The SMILES string of the molecule is CC(C)COCCCNC(=O)c1ccc(CBr)cc1. The van der Waals surface area contributed by atoms with Gasteiger partial charge in [0.2, 0.25) is 0 Å². The number of hydrogen-bond donors (Lipinski definition) is 1. The third kappa shape index (κ3) is 6.73. The van der Waals surface area contributed by atoms with Gasteiger partial charge in [-0.15, -0.1) is 0 Å². The van der Waals surface area contributed by atoms with Crippen LogP contribution in [0.15, 0.2) is 24.3 Å². The molecule has 106 valence electrons. The minimum atomic E-state index is -0.0232. The van der Waals surface area contributed by atoms with E-state index in [0.29, 0.717) is 24.6 Å². The van der Waals surface area contributed by atoms with E-state index in [2.05, 4.69) is 35.1 Å². The molecule has 0 atom stereocenters. The van der Waals surface area contributed by atoms with Gasteiger partial charge in [-0.25, -0.2) is 0 Å². The van der Waals surface area contributed by atoms with E-state index >= 15 is 0 Å². The molecule has 0 aliphatic rings. The monoisotopic (exact) mass is 327 g/mol. The van der Waals surface area contributed by atoms with Crippen LogP contribution in [-0.4, -0.2) is 25.7 Å². The van der Waals surface area contributed by atoms with Gasteiger partial charge in [0.05, 0.1) is 0 Å². The Morgan fingerprint density at radius 3 is 2.58 bits per heavy atom. The Bertz CT molecular complexity index is 376. The number of carbonyl (C=O) groups is 1. The molecule has 0 fully saturated rings. The zero-order valence-electron chi connectivity index (χ0n) is 11.6. The summed E-state index contributed by atoms with van der Waals surface area (Å²) in [5.41, 5.74) is 1.87. The summed E-state index contributed by atoms with van der Waals surface area (Å²) in [6.07, 6.45) is 0.845. The van der Waals surface area contributed by atoms with Crippen molar-refractivity contribution in [1.29, 1.82) is 0 Å². The number of halogens is 1. The third-order valence-electron chi connectivity index (χ3n) is 2.57. The fraction of sp³-hybridized carbons (Fsp3) is 0.533. The molecule has 0 aliphatic heterocycles. The van der Waals surface area contributed by atoms with Crippen LogP contribution in [0.5, 0.6) is 0 Å². The number of hydrogen-bond acceptors (Lipinski definition) is 2. The quantitative estimate of drug-likeness (QED) is 0.587. The molecule has 0 bridgehead atoms. The number of rotatable bonds is 8. The van der Waals surface area contributed by atoms with E-state index in [9.17, 15) is 4.79 Å². The normalized spacial score (nSPS) is 10.7. The van der Waals surface area contributed by atoms with Crippen molar-refractivity contribution in [3.63, 3.8) is 0 Å². The Balaban J connectivity index is 2.20. The van der Waals surface area contributed by atoms with Crippen LogP contribution in [0.3, 0.4) is 0 Å². The second kappa shape index (κ2) is 9.10. The summed E-state index contributed by atoms with van der Waals surface area (Å²) in [4.78, 5) is 11.8. The van der Waals surface area contributed by atoms with Crippen molar-refractivity contribution in [2.75, 3.05) is 19.8 Å². The average Bonchev–Trinajstić information content (AvgIpc) is 2.42. The molecule has 19 heavy (non-hydrogen) atoms. The Labute approximate surface area is 123 Å². The Hall–Kier alpha value is -0.870. The first kappa shape index (κ1) is 16.2. The van der Waals surface area contributed by atoms with Crippen LogP contribution in [0.2, 0.25) is 0 Å². The van der Waals surface area contributed by atoms with Crippen LogP contribution in [0.4, 0.5) is 0 Å². The molecule has 0 aromatic heterocycles. The molecule has 0 saturated carbocycles. The number of benzene rings is 1. The maximum atomic E-state index is 11.8. The summed E-state index contributed by atoms with van der Waals surface area (Å²) in [5, 5.41) is 3.70. The molecule has 0 radical (unpaired) electrons. The predicted molar refractivity (Wildman–Crippen MR) is 81.7 cm³/mol. The molecule has 0 unspecified atom stereocenters. The van der Waals surface area contributed by atoms with Crippen molar-refractivity contribution < 1.29 is 9.53 Å². The standard InChI is InChI=1S/C15H22BrNO2/c1-12(2)11-19-9-3-8-17-15(18)14-6-4-13(10-16)5-7-14/h4-7,12H,3,8-11H2,1-2H3,(H,17,18). The van der Waals surface area contributed by atoms with Crippen LogP contribution in [-0.2, 0) is 10.1 Å². The first-order valence-electron chi connectivity index (χ1n) is 6.64. The molecule has 0 saturated heterocycles.